The molecule has 0 bridgehead atoms. The van der Waals surface area contributed by atoms with E-state index >= 15 is 0 Å². The lowest BCUT2D eigenvalue weighted by Gasteiger charge is -2.18. The van der Waals surface area contributed by atoms with Crippen LogP contribution in [0.3, 0.4) is 0 Å². The van der Waals surface area contributed by atoms with Gasteiger partial charge in [0.05, 0.1) is 16.9 Å². The number of rotatable bonds is 3. The molecule has 144 valence electrons. The second-order valence-corrected chi connectivity index (χ2v) is 8.23. The molecule has 0 spiro atoms. The molecule has 2 aliphatic rings. The molecule has 6 heteroatoms. The van der Waals surface area contributed by atoms with E-state index in [2.05, 4.69) is 59.1 Å². The number of nitrogens with one attached hydrogen (secondary N) is 3. The molecule has 29 heavy (non-hydrogen) atoms. The second-order valence-electron chi connectivity index (χ2n) is 8.23. The van der Waals surface area contributed by atoms with Crippen LogP contribution in [0.4, 0.5) is 17.3 Å². The van der Waals surface area contributed by atoms with Crippen molar-refractivity contribution in [2.45, 2.75) is 32.4 Å². The summed E-state index contributed by atoms with van der Waals surface area (Å²) in [6.07, 6.45) is 1.76. The van der Waals surface area contributed by atoms with Gasteiger partial charge in [0.15, 0.2) is 0 Å². The highest BCUT2D eigenvalue weighted by molar-refractivity contribution is 5.76. The van der Waals surface area contributed by atoms with Crippen LogP contribution >= 0.6 is 0 Å². The maximum atomic E-state index is 9.64. The van der Waals surface area contributed by atoms with Crippen molar-refractivity contribution in [1.29, 1.82) is 5.26 Å². The van der Waals surface area contributed by atoms with Gasteiger partial charge < -0.3 is 16.0 Å². The van der Waals surface area contributed by atoms with Crippen LogP contribution in [0, 0.1) is 11.3 Å². The lowest BCUT2D eigenvalue weighted by molar-refractivity contribution is 0.586. The minimum atomic E-state index is -0.0252. The Morgan fingerprint density at radius 2 is 2.07 bits per heavy atom. The van der Waals surface area contributed by atoms with E-state index in [0.717, 1.165) is 47.8 Å². The molecule has 0 aliphatic carbocycles. The molecule has 3 N–H and O–H groups in total. The number of nitrogens with zero attached hydrogens (tertiary/aromatic N) is 3. The summed E-state index contributed by atoms with van der Waals surface area (Å²) in [5.41, 5.74) is 8.06. The van der Waals surface area contributed by atoms with Crippen LogP contribution in [0.5, 0.6) is 0 Å². The molecule has 2 aromatic carbocycles. The summed E-state index contributed by atoms with van der Waals surface area (Å²) in [4.78, 5) is 9.15. The van der Waals surface area contributed by atoms with Crippen molar-refractivity contribution in [3.8, 4) is 17.3 Å². The second kappa shape index (κ2) is 6.57. The van der Waals surface area contributed by atoms with Crippen LogP contribution in [0.25, 0.3) is 11.3 Å². The summed E-state index contributed by atoms with van der Waals surface area (Å²) in [5, 5.41) is 19.8. The molecule has 0 unspecified atom stereocenters. The SMILES string of the molecule is CC1(C)CNc2c(C#N)cc(-c3ccnc(Nc4cccc5c4CNC5)n3)cc21. The van der Waals surface area contributed by atoms with E-state index in [1.165, 1.54) is 11.1 Å². The highest BCUT2D eigenvalue weighted by Crippen LogP contribution is 2.41. The number of benzene rings is 2. The van der Waals surface area contributed by atoms with Crippen LogP contribution in [0.15, 0.2) is 42.6 Å². The topological polar surface area (TPSA) is 85.7 Å². The zero-order chi connectivity index (χ0) is 20.0. The van der Waals surface area contributed by atoms with E-state index < -0.39 is 0 Å². The number of hydrogen-bond donors (Lipinski definition) is 3. The Labute approximate surface area is 170 Å². The molecule has 0 saturated carbocycles. The third kappa shape index (κ3) is 3.00. The predicted molar refractivity (Wildman–Crippen MR) is 114 cm³/mol. The standard InChI is InChI=1S/C23H22N6/c1-23(2)13-27-21-16(10-24)8-15(9-18(21)23)19-6-7-26-22(28-19)29-20-5-3-4-14-11-25-12-17(14)20/h3-9,25,27H,11-13H2,1-2H3,(H,26,28,29). The number of anilines is 3. The molecule has 6 nitrogen and oxygen atoms in total. The molecule has 3 heterocycles. The van der Waals surface area contributed by atoms with E-state index in [1.807, 2.05) is 18.2 Å². The summed E-state index contributed by atoms with van der Waals surface area (Å²) in [5.74, 6) is 0.555. The van der Waals surface area contributed by atoms with Gasteiger partial charge >= 0.3 is 0 Å². The Morgan fingerprint density at radius 1 is 1.17 bits per heavy atom. The monoisotopic (exact) mass is 382 g/mol. The summed E-state index contributed by atoms with van der Waals surface area (Å²) in [6, 6.07) is 14.5. The van der Waals surface area contributed by atoms with Crippen LogP contribution in [0.2, 0.25) is 0 Å². The number of aromatic nitrogens is 2. The lowest BCUT2D eigenvalue weighted by Crippen LogP contribution is -2.18. The third-order valence-electron chi connectivity index (χ3n) is 5.78. The predicted octanol–water partition coefficient (Wildman–Crippen LogP) is 4.07. The van der Waals surface area contributed by atoms with E-state index in [4.69, 9.17) is 4.98 Å². The van der Waals surface area contributed by atoms with Gasteiger partial charge in [-0.2, -0.15) is 5.26 Å². The molecule has 1 aromatic heterocycles. The molecule has 3 aromatic rings. The molecule has 0 radical (unpaired) electrons. The number of fused-ring (bicyclic) bond motifs is 2. The van der Waals surface area contributed by atoms with Gasteiger partial charge in [0, 0.05) is 42.5 Å². The van der Waals surface area contributed by atoms with Gasteiger partial charge in [-0.1, -0.05) is 26.0 Å². The van der Waals surface area contributed by atoms with E-state index in [-0.39, 0.29) is 5.41 Å². The maximum Gasteiger partial charge on any atom is 0.227 e. The molecule has 0 fully saturated rings. The first-order valence-corrected chi connectivity index (χ1v) is 9.79. The van der Waals surface area contributed by atoms with Crippen LogP contribution < -0.4 is 16.0 Å². The smallest absolute Gasteiger partial charge is 0.227 e. The Kier molecular flexibility index (Phi) is 4.00. The van der Waals surface area contributed by atoms with Gasteiger partial charge in [-0.25, -0.2) is 9.97 Å². The Balaban J connectivity index is 1.53. The van der Waals surface area contributed by atoms with Crippen molar-refractivity contribution >= 4 is 17.3 Å². The fraction of sp³-hybridized carbons (Fsp3) is 0.261. The van der Waals surface area contributed by atoms with Gasteiger partial charge in [0.2, 0.25) is 5.95 Å². The Morgan fingerprint density at radius 3 is 2.93 bits per heavy atom. The summed E-state index contributed by atoms with van der Waals surface area (Å²) >= 11 is 0. The Bertz CT molecular complexity index is 1160. The highest BCUT2D eigenvalue weighted by atomic mass is 15.1. The zero-order valence-electron chi connectivity index (χ0n) is 16.5. The van der Waals surface area contributed by atoms with Gasteiger partial charge in [0.1, 0.15) is 6.07 Å². The maximum absolute atomic E-state index is 9.64. The minimum Gasteiger partial charge on any atom is -0.383 e. The lowest BCUT2D eigenvalue weighted by atomic mass is 9.85. The van der Waals surface area contributed by atoms with Gasteiger partial charge in [-0.15, -0.1) is 0 Å². The quantitative estimate of drug-likeness (QED) is 0.633. The van der Waals surface area contributed by atoms with E-state index in [0.29, 0.717) is 11.5 Å². The molecule has 2 aliphatic heterocycles. The van der Waals surface area contributed by atoms with Crippen LogP contribution in [0.1, 0.15) is 36.1 Å². The summed E-state index contributed by atoms with van der Waals surface area (Å²) in [7, 11) is 0. The average molecular weight is 382 g/mol. The van der Waals surface area contributed by atoms with Crippen LogP contribution in [-0.2, 0) is 18.5 Å². The third-order valence-corrected chi connectivity index (χ3v) is 5.78. The zero-order valence-corrected chi connectivity index (χ0v) is 16.5. The largest absolute Gasteiger partial charge is 0.383 e. The van der Waals surface area contributed by atoms with Gasteiger partial charge in [-0.05, 0) is 41.0 Å². The normalized spacial score (nSPS) is 15.9. The molecule has 5 rings (SSSR count). The first kappa shape index (κ1) is 17.7. The first-order chi connectivity index (χ1) is 14.0. The van der Waals surface area contributed by atoms with Crippen molar-refractivity contribution in [2.75, 3.05) is 17.2 Å². The van der Waals surface area contributed by atoms with Crippen molar-refractivity contribution < 1.29 is 0 Å². The van der Waals surface area contributed by atoms with Crippen molar-refractivity contribution in [2.24, 2.45) is 0 Å². The number of hydrogen-bond acceptors (Lipinski definition) is 6. The highest BCUT2D eigenvalue weighted by Gasteiger charge is 2.32. The van der Waals surface area contributed by atoms with Gasteiger partial charge in [0.25, 0.3) is 0 Å². The number of nitriles is 1. The molecular formula is C23H22N6. The summed E-state index contributed by atoms with van der Waals surface area (Å²) in [6.45, 7) is 6.93. The Hall–Kier alpha value is -3.43. The fourth-order valence-electron chi connectivity index (χ4n) is 4.16. The van der Waals surface area contributed by atoms with Crippen molar-refractivity contribution in [1.82, 2.24) is 15.3 Å². The summed E-state index contributed by atoms with van der Waals surface area (Å²) < 4.78 is 0. The van der Waals surface area contributed by atoms with E-state index in [1.54, 1.807) is 6.20 Å². The minimum absolute atomic E-state index is 0.0252. The molecule has 0 atom stereocenters. The van der Waals surface area contributed by atoms with E-state index in [9.17, 15) is 5.26 Å². The van der Waals surface area contributed by atoms with Crippen LogP contribution in [-0.4, -0.2) is 16.5 Å². The van der Waals surface area contributed by atoms with Gasteiger partial charge in [-0.3, -0.25) is 0 Å². The fourth-order valence-corrected chi connectivity index (χ4v) is 4.16. The van der Waals surface area contributed by atoms with Crippen molar-refractivity contribution in [3.05, 3.63) is 64.8 Å². The molecule has 0 saturated heterocycles. The average Bonchev–Trinajstić information content (AvgIpc) is 3.33. The first-order valence-electron chi connectivity index (χ1n) is 9.79. The molecule has 0 amide bonds. The molecular weight excluding hydrogens is 360 g/mol. The van der Waals surface area contributed by atoms with Crippen molar-refractivity contribution in [3.63, 3.8) is 0 Å².